The topological polar surface area (TPSA) is 245 Å². The Bertz CT molecular complexity index is 1800. The lowest BCUT2D eigenvalue weighted by Crippen LogP contribution is -2.32. The molecule has 0 radical (unpaired) electrons. The maximum absolute atomic E-state index is 15.5. The van der Waals surface area contributed by atoms with Crippen molar-refractivity contribution in [2.24, 2.45) is 10.9 Å². The molecule has 0 bridgehead atoms. The van der Waals surface area contributed by atoms with E-state index in [1.54, 1.807) is 0 Å². The number of sulfonamides is 1. The monoisotopic (exact) mass is 750 g/mol. The van der Waals surface area contributed by atoms with Gasteiger partial charge in [0.1, 0.15) is 22.8 Å². The lowest BCUT2D eigenvalue weighted by atomic mass is 9.96. The van der Waals surface area contributed by atoms with Gasteiger partial charge < -0.3 is 31.3 Å². The van der Waals surface area contributed by atoms with Crippen LogP contribution in [0, 0.1) is 17.5 Å². The second kappa shape index (κ2) is 17.4. The van der Waals surface area contributed by atoms with Gasteiger partial charge in [0, 0.05) is 19.0 Å². The lowest BCUT2D eigenvalue weighted by Gasteiger charge is -2.25. The number of aliphatic carboxylic acids is 1. The van der Waals surface area contributed by atoms with Gasteiger partial charge in [0.05, 0.1) is 23.6 Å². The van der Waals surface area contributed by atoms with Crippen LogP contribution in [0.25, 0.3) is 0 Å². The van der Waals surface area contributed by atoms with Crippen LogP contribution in [-0.2, 0) is 40.6 Å². The summed E-state index contributed by atoms with van der Waals surface area (Å²) in [7, 11) is -10.1. The number of sulfone groups is 1. The fourth-order valence-electron chi connectivity index (χ4n) is 5.48. The van der Waals surface area contributed by atoms with Gasteiger partial charge >= 0.3 is 5.97 Å². The van der Waals surface area contributed by atoms with Crippen LogP contribution in [-0.4, -0.2) is 81.8 Å². The molecule has 0 spiro atoms. The van der Waals surface area contributed by atoms with E-state index in [1.807, 2.05) is 0 Å². The third-order valence-electron chi connectivity index (χ3n) is 8.14. The van der Waals surface area contributed by atoms with Crippen LogP contribution >= 0.6 is 0 Å². The molecule has 1 saturated carbocycles. The van der Waals surface area contributed by atoms with Crippen LogP contribution in [0.4, 0.5) is 18.9 Å². The van der Waals surface area contributed by atoms with Crippen molar-refractivity contribution in [3.05, 3.63) is 46.8 Å². The number of hydrogen-bond acceptors (Lipinski definition) is 11. The second-order valence-corrected chi connectivity index (χ2v) is 15.5. The maximum atomic E-state index is 15.5. The van der Waals surface area contributed by atoms with Gasteiger partial charge in [0.2, 0.25) is 15.9 Å². The number of halogens is 3. The quantitative estimate of drug-likeness (QED) is 0.0824. The molecule has 0 saturated heterocycles. The number of carbonyl (C=O) groups excluding carboxylic acids is 2. The van der Waals surface area contributed by atoms with Crippen LogP contribution in [0.15, 0.2) is 28.0 Å². The van der Waals surface area contributed by atoms with Crippen LogP contribution in [0.1, 0.15) is 74.2 Å². The minimum Gasteiger partial charge on any atom is -0.507 e. The fourth-order valence-corrected chi connectivity index (χ4v) is 7.65. The summed E-state index contributed by atoms with van der Waals surface area (Å²) in [5.41, 5.74) is 4.68. The highest BCUT2D eigenvalue weighted by Crippen LogP contribution is 2.37. The van der Waals surface area contributed by atoms with Gasteiger partial charge in [-0.25, -0.2) is 35.1 Å². The molecule has 278 valence electrons. The van der Waals surface area contributed by atoms with Crippen molar-refractivity contribution in [1.82, 2.24) is 5.32 Å². The number of benzene rings is 2. The zero-order chi connectivity index (χ0) is 37.4. The van der Waals surface area contributed by atoms with Crippen LogP contribution in [0.2, 0.25) is 0 Å². The summed E-state index contributed by atoms with van der Waals surface area (Å²) in [4.78, 5) is 33.1. The Kier molecular flexibility index (Phi) is 14.2. The van der Waals surface area contributed by atoms with Crippen molar-refractivity contribution in [1.29, 1.82) is 0 Å². The molecule has 8 N–H and O–H groups in total. The standard InChI is InChI=1S/C31H41F3N4O10S2/c1-17(28(41)20-15-18(9-10-22(20)39)16-21(35)31(42)43)48-13-12-37-23(40)11-14-49(44,45)30-25(33)24(32)29(50(36,46)47)26(34)27(30)38-19-7-5-3-2-4-6-8-19/h9-10,15,17,19,21,38-39H,2-8,11-14,16,35H2,1H3,(H,37,40)(H,42,43)(H2,36,46,47)/t17?,21-/m0/s1. The number of ketones is 1. The van der Waals surface area contributed by atoms with Gasteiger partial charge in [-0.3, -0.25) is 14.4 Å². The number of ether oxygens (including phenoxy) is 1. The smallest absolute Gasteiger partial charge is 0.320 e. The summed E-state index contributed by atoms with van der Waals surface area (Å²) in [5, 5.41) is 29.0. The van der Waals surface area contributed by atoms with Crippen molar-refractivity contribution in [2.45, 2.75) is 92.7 Å². The predicted molar refractivity (Wildman–Crippen MR) is 174 cm³/mol. The Labute approximate surface area is 287 Å². The number of carboxylic acid groups (broad SMARTS) is 1. The van der Waals surface area contributed by atoms with E-state index in [1.165, 1.54) is 25.1 Å². The van der Waals surface area contributed by atoms with Gasteiger partial charge in [-0.2, -0.15) is 0 Å². The number of nitrogens with two attached hydrogens (primary N) is 2. The molecule has 50 heavy (non-hydrogen) atoms. The van der Waals surface area contributed by atoms with E-state index in [0.717, 1.165) is 19.3 Å². The molecule has 0 heterocycles. The zero-order valence-electron chi connectivity index (χ0n) is 27.2. The van der Waals surface area contributed by atoms with E-state index in [4.69, 9.17) is 20.7 Å². The first-order chi connectivity index (χ1) is 23.3. The highest BCUT2D eigenvalue weighted by molar-refractivity contribution is 7.91. The molecular weight excluding hydrogens is 709 g/mol. The molecule has 1 fully saturated rings. The number of amides is 1. The van der Waals surface area contributed by atoms with Gasteiger partial charge in [-0.1, -0.05) is 38.2 Å². The first-order valence-corrected chi connectivity index (χ1v) is 19.0. The third kappa shape index (κ3) is 10.6. The van der Waals surface area contributed by atoms with Crippen molar-refractivity contribution < 1.29 is 59.3 Å². The molecule has 1 amide bonds. The molecule has 1 aliphatic rings. The van der Waals surface area contributed by atoms with Gasteiger partial charge in [0.15, 0.2) is 38.0 Å². The number of primary sulfonamides is 1. The minimum absolute atomic E-state index is 0.108. The molecule has 2 aromatic rings. The summed E-state index contributed by atoms with van der Waals surface area (Å²) in [6, 6.07) is 2.08. The van der Waals surface area contributed by atoms with E-state index < -0.39 is 101 Å². The molecule has 1 unspecified atom stereocenters. The van der Waals surface area contributed by atoms with E-state index in [9.17, 15) is 40.7 Å². The summed E-state index contributed by atoms with van der Waals surface area (Å²) >= 11 is 0. The Balaban J connectivity index is 1.67. The number of phenolic OH excluding ortho intramolecular Hbond substituents is 1. The van der Waals surface area contributed by atoms with Gasteiger partial charge in [-0.15, -0.1) is 0 Å². The lowest BCUT2D eigenvalue weighted by molar-refractivity contribution is -0.138. The number of rotatable bonds is 16. The minimum atomic E-state index is -5.16. The highest BCUT2D eigenvalue weighted by Gasteiger charge is 2.37. The molecule has 0 aromatic heterocycles. The van der Waals surface area contributed by atoms with E-state index in [2.05, 4.69) is 10.6 Å². The molecule has 19 heteroatoms. The zero-order valence-corrected chi connectivity index (χ0v) is 28.8. The first kappa shape index (κ1) is 40.6. The van der Waals surface area contributed by atoms with Crippen molar-refractivity contribution in [3.63, 3.8) is 0 Å². The molecule has 14 nitrogen and oxygen atoms in total. The molecular formula is C31H41F3N4O10S2. The average molecular weight is 751 g/mol. The number of hydrogen-bond donors (Lipinski definition) is 6. The van der Waals surface area contributed by atoms with E-state index in [-0.39, 0.29) is 30.9 Å². The molecule has 2 atom stereocenters. The Morgan fingerprint density at radius 3 is 2.18 bits per heavy atom. The number of anilines is 1. The van der Waals surface area contributed by atoms with Gasteiger partial charge in [0.25, 0.3) is 0 Å². The van der Waals surface area contributed by atoms with E-state index >= 15 is 8.78 Å². The number of carboxylic acids is 1. The summed E-state index contributed by atoms with van der Waals surface area (Å²) in [5.74, 6) is -10.6. The predicted octanol–water partition coefficient (Wildman–Crippen LogP) is 2.50. The largest absolute Gasteiger partial charge is 0.507 e. The molecule has 3 rings (SSSR count). The van der Waals surface area contributed by atoms with Crippen LogP contribution in [0.3, 0.4) is 0 Å². The molecule has 0 aliphatic heterocycles. The average Bonchev–Trinajstić information content (AvgIpc) is 3.01. The summed E-state index contributed by atoms with van der Waals surface area (Å²) in [6.45, 7) is 0.873. The highest BCUT2D eigenvalue weighted by atomic mass is 32.2. The SMILES string of the molecule is CC(OCCNC(=O)CCS(=O)(=O)c1c(F)c(F)c(S(N)(=O)=O)c(F)c1NC1CCCCCCC1)C(=O)c1cc(C[C@H](N)C(=O)O)ccc1O. The summed E-state index contributed by atoms with van der Waals surface area (Å²) in [6.07, 6.45) is 2.78. The number of Topliss-reactive ketones (excluding diaryl/α,β-unsaturated/α-hetero) is 1. The van der Waals surface area contributed by atoms with Gasteiger partial charge in [-0.05, 0) is 43.9 Å². The molecule has 2 aromatic carbocycles. The van der Waals surface area contributed by atoms with Crippen LogP contribution < -0.4 is 21.5 Å². The third-order valence-corrected chi connectivity index (χ3v) is 10.8. The number of nitrogens with one attached hydrogen (secondary N) is 2. The van der Waals surface area contributed by atoms with Crippen molar-refractivity contribution >= 4 is 43.2 Å². The number of phenols is 1. The summed E-state index contributed by atoms with van der Waals surface area (Å²) < 4.78 is 102. The molecule has 1 aliphatic carbocycles. The Hall–Kier alpha value is -3.78. The normalized spacial score (nSPS) is 15.8. The second-order valence-electron chi connectivity index (χ2n) is 12.0. The van der Waals surface area contributed by atoms with Crippen molar-refractivity contribution in [2.75, 3.05) is 24.2 Å². The number of carbonyl (C=O) groups is 3. The van der Waals surface area contributed by atoms with Crippen LogP contribution in [0.5, 0.6) is 5.75 Å². The van der Waals surface area contributed by atoms with Crippen molar-refractivity contribution in [3.8, 4) is 5.75 Å². The Morgan fingerprint density at radius 1 is 0.980 bits per heavy atom. The maximum Gasteiger partial charge on any atom is 0.320 e. The van der Waals surface area contributed by atoms with E-state index in [0.29, 0.717) is 31.2 Å². The first-order valence-electron chi connectivity index (χ1n) is 15.8. The number of aromatic hydroxyl groups is 1. The Morgan fingerprint density at radius 2 is 1.58 bits per heavy atom. The fraction of sp³-hybridized carbons (Fsp3) is 0.516.